The number of carbonyl (C=O) groups is 3. The van der Waals surface area contributed by atoms with Crippen LogP contribution in [0.2, 0.25) is 0 Å². The van der Waals surface area contributed by atoms with Crippen molar-refractivity contribution in [1.82, 2.24) is 9.80 Å². The molecule has 0 saturated carbocycles. The highest BCUT2D eigenvalue weighted by molar-refractivity contribution is 5.88. The second-order valence-corrected chi connectivity index (χ2v) is 6.70. The molecule has 0 bridgehead atoms. The first-order chi connectivity index (χ1) is 13.1. The van der Waals surface area contributed by atoms with E-state index < -0.39 is 18.1 Å². The standard InChI is InChI=1S/C20H24N2O5/c1-26-19(24)17-11-10-16-9-5-6-12-21(13-18(23)22(16)17)20(25)27-14-15-7-3-2-4-8-15/h2-8,16-17H,9-14H2,1H3/b6-5-/t16-,17+/m1/s1. The van der Waals surface area contributed by atoms with E-state index in [0.717, 1.165) is 12.0 Å². The van der Waals surface area contributed by atoms with Crippen molar-refractivity contribution in [1.29, 1.82) is 0 Å². The maximum Gasteiger partial charge on any atom is 0.410 e. The quantitative estimate of drug-likeness (QED) is 0.600. The number of carbonyl (C=O) groups excluding carboxylic acids is 3. The SMILES string of the molecule is COC(=O)[C@@H]1CC[C@H]2C/C=C\CN(C(=O)OCc3ccccc3)CC(=O)N21. The van der Waals surface area contributed by atoms with Gasteiger partial charge in [0.15, 0.2) is 0 Å². The van der Waals surface area contributed by atoms with Gasteiger partial charge in [-0.05, 0) is 24.8 Å². The Bertz CT molecular complexity index is 718. The van der Waals surface area contributed by atoms with Gasteiger partial charge in [-0.25, -0.2) is 9.59 Å². The fourth-order valence-corrected chi connectivity index (χ4v) is 3.57. The number of fused-ring (bicyclic) bond motifs is 1. The summed E-state index contributed by atoms with van der Waals surface area (Å²) in [6.07, 6.45) is 5.25. The molecule has 1 aromatic rings. The third-order valence-electron chi connectivity index (χ3n) is 4.95. The summed E-state index contributed by atoms with van der Waals surface area (Å²) < 4.78 is 10.2. The lowest BCUT2D eigenvalue weighted by atomic mass is 10.1. The molecule has 0 N–H and O–H groups in total. The number of hydrogen-bond acceptors (Lipinski definition) is 5. The van der Waals surface area contributed by atoms with Gasteiger partial charge in [0.05, 0.1) is 7.11 Å². The second-order valence-electron chi connectivity index (χ2n) is 6.70. The molecule has 27 heavy (non-hydrogen) atoms. The molecule has 0 aliphatic carbocycles. The molecule has 7 nitrogen and oxygen atoms in total. The number of benzene rings is 1. The minimum atomic E-state index is -0.582. The van der Waals surface area contributed by atoms with Gasteiger partial charge in [0.25, 0.3) is 0 Å². The van der Waals surface area contributed by atoms with Gasteiger partial charge in [-0.3, -0.25) is 9.69 Å². The zero-order chi connectivity index (χ0) is 19.2. The zero-order valence-electron chi connectivity index (χ0n) is 15.4. The zero-order valence-corrected chi connectivity index (χ0v) is 15.4. The first-order valence-corrected chi connectivity index (χ1v) is 9.09. The Hall–Kier alpha value is -2.83. The van der Waals surface area contributed by atoms with Crippen LogP contribution in [0.15, 0.2) is 42.5 Å². The average molecular weight is 372 g/mol. The molecule has 3 rings (SSSR count). The van der Waals surface area contributed by atoms with Gasteiger partial charge in [-0.1, -0.05) is 42.5 Å². The van der Waals surface area contributed by atoms with Crippen LogP contribution in [0.5, 0.6) is 0 Å². The van der Waals surface area contributed by atoms with Crippen molar-refractivity contribution < 1.29 is 23.9 Å². The maximum absolute atomic E-state index is 12.9. The van der Waals surface area contributed by atoms with E-state index in [2.05, 4.69) is 0 Å². The largest absolute Gasteiger partial charge is 0.467 e. The summed E-state index contributed by atoms with van der Waals surface area (Å²) in [5.74, 6) is -0.666. The Morgan fingerprint density at radius 2 is 1.93 bits per heavy atom. The van der Waals surface area contributed by atoms with Crippen molar-refractivity contribution in [3.63, 3.8) is 0 Å². The van der Waals surface area contributed by atoms with Gasteiger partial charge in [0.2, 0.25) is 5.91 Å². The Balaban J connectivity index is 1.68. The monoisotopic (exact) mass is 372 g/mol. The van der Waals surface area contributed by atoms with Crippen LogP contribution in [0, 0.1) is 0 Å². The first kappa shape index (κ1) is 18.9. The van der Waals surface area contributed by atoms with Gasteiger partial charge in [0, 0.05) is 12.6 Å². The van der Waals surface area contributed by atoms with Crippen molar-refractivity contribution >= 4 is 18.0 Å². The van der Waals surface area contributed by atoms with E-state index in [1.165, 1.54) is 12.0 Å². The third-order valence-corrected chi connectivity index (χ3v) is 4.95. The first-order valence-electron chi connectivity index (χ1n) is 9.09. The van der Waals surface area contributed by atoms with Crippen molar-refractivity contribution in [3.05, 3.63) is 48.0 Å². The van der Waals surface area contributed by atoms with E-state index in [1.807, 2.05) is 42.5 Å². The smallest absolute Gasteiger partial charge is 0.410 e. The number of nitrogens with zero attached hydrogens (tertiary/aromatic N) is 2. The number of rotatable bonds is 3. The molecule has 0 radical (unpaired) electrons. The molecule has 1 aromatic carbocycles. The predicted octanol–water partition coefficient (Wildman–Crippen LogP) is 2.12. The molecule has 2 heterocycles. The average Bonchev–Trinajstić information content (AvgIpc) is 3.14. The normalized spacial score (nSPS) is 23.7. The number of amides is 2. The summed E-state index contributed by atoms with van der Waals surface area (Å²) in [7, 11) is 1.32. The summed E-state index contributed by atoms with van der Waals surface area (Å²) in [5.41, 5.74) is 0.877. The molecule has 1 fully saturated rings. The van der Waals surface area contributed by atoms with Crippen LogP contribution in [0.4, 0.5) is 4.79 Å². The van der Waals surface area contributed by atoms with Gasteiger partial charge < -0.3 is 14.4 Å². The van der Waals surface area contributed by atoms with E-state index in [1.54, 1.807) is 4.90 Å². The number of methoxy groups -OCH3 is 1. The summed E-state index contributed by atoms with van der Waals surface area (Å²) >= 11 is 0. The van der Waals surface area contributed by atoms with Gasteiger partial charge >= 0.3 is 12.1 Å². The van der Waals surface area contributed by atoms with E-state index in [9.17, 15) is 14.4 Å². The molecule has 0 aromatic heterocycles. The molecular formula is C20H24N2O5. The molecule has 2 atom stereocenters. The van der Waals surface area contributed by atoms with Gasteiger partial charge in [-0.15, -0.1) is 0 Å². The highest BCUT2D eigenvalue weighted by Crippen LogP contribution is 2.28. The van der Waals surface area contributed by atoms with Crippen molar-refractivity contribution in [2.75, 3.05) is 20.2 Å². The molecule has 2 amide bonds. The maximum atomic E-state index is 12.9. The van der Waals surface area contributed by atoms with Crippen molar-refractivity contribution in [2.24, 2.45) is 0 Å². The van der Waals surface area contributed by atoms with Crippen LogP contribution in [-0.2, 0) is 25.7 Å². The van der Waals surface area contributed by atoms with Crippen LogP contribution in [0.1, 0.15) is 24.8 Å². The third kappa shape index (κ3) is 4.48. The lowest BCUT2D eigenvalue weighted by molar-refractivity contribution is -0.152. The van der Waals surface area contributed by atoms with E-state index in [0.29, 0.717) is 19.4 Å². The van der Waals surface area contributed by atoms with E-state index >= 15 is 0 Å². The van der Waals surface area contributed by atoms with Crippen molar-refractivity contribution in [2.45, 2.75) is 38.0 Å². The summed E-state index contributed by atoms with van der Waals surface area (Å²) in [5, 5.41) is 0. The summed E-state index contributed by atoms with van der Waals surface area (Å²) in [4.78, 5) is 40.3. The lowest BCUT2D eigenvalue weighted by Crippen LogP contribution is -2.49. The molecular weight excluding hydrogens is 348 g/mol. The summed E-state index contributed by atoms with van der Waals surface area (Å²) in [6.45, 7) is 0.315. The van der Waals surface area contributed by atoms with Gasteiger partial charge in [0.1, 0.15) is 19.2 Å². The second kappa shape index (κ2) is 8.70. The number of esters is 1. The minimum absolute atomic E-state index is 0.0434. The minimum Gasteiger partial charge on any atom is -0.467 e. The Morgan fingerprint density at radius 3 is 2.67 bits per heavy atom. The van der Waals surface area contributed by atoms with E-state index in [4.69, 9.17) is 9.47 Å². The molecule has 7 heteroatoms. The molecule has 1 saturated heterocycles. The fraction of sp³-hybridized carbons (Fsp3) is 0.450. The molecule has 2 aliphatic rings. The highest BCUT2D eigenvalue weighted by Gasteiger charge is 2.41. The van der Waals surface area contributed by atoms with Crippen LogP contribution in [-0.4, -0.2) is 60.1 Å². The molecule has 0 spiro atoms. The topological polar surface area (TPSA) is 76.1 Å². The van der Waals surface area contributed by atoms with Crippen LogP contribution >= 0.6 is 0 Å². The highest BCUT2D eigenvalue weighted by atomic mass is 16.6. The number of ether oxygens (including phenoxy) is 2. The Morgan fingerprint density at radius 1 is 1.15 bits per heavy atom. The summed E-state index contributed by atoms with van der Waals surface area (Å²) in [6, 6.07) is 8.74. The fourth-order valence-electron chi connectivity index (χ4n) is 3.57. The molecule has 2 aliphatic heterocycles. The van der Waals surface area contributed by atoms with E-state index in [-0.39, 0.29) is 25.1 Å². The molecule has 0 unspecified atom stereocenters. The number of hydrogen-bond donors (Lipinski definition) is 0. The Kier molecular flexibility index (Phi) is 6.11. The van der Waals surface area contributed by atoms with Gasteiger partial charge in [-0.2, -0.15) is 0 Å². The lowest BCUT2D eigenvalue weighted by Gasteiger charge is -2.30. The van der Waals surface area contributed by atoms with Crippen LogP contribution in [0.3, 0.4) is 0 Å². The van der Waals surface area contributed by atoms with Crippen LogP contribution < -0.4 is 0 Å². The van der Waals surface area contributed by atoms with Crippen molar-refractivity contribution in [3.8, 4) is 0 Å². The Labute approximate surface area is 158 Å². The predicted molar refractivity (Wildman–Crippen MR) is 97.6 cm³/mol. The van der Waals surface area contributed by atoms with Crippen LogP contribution in [0.25, 0.3) is 0 Å². The molecule has 144 valence electrons.